The number of ether oxygens (including phenoxy) is 1. The molecule has 154 valence electrons. The molecule has 1 heterocycles. The molecule has 0 aliphatic heterocycles. The maximum atomic E-state index is 12.4. The van der Waals surface area contributed by atoms with E-state index in [1.165, 1.54) is 9.36 Å². The maximum Gasteiger partial charge on any atom is 0.368 e. The summed E-state index contributed by atoms with van der Waals surface area (Å²) in [7, 11) is 1.56. The summed E-state index contributed by atoms with van der Waals surface area (Å²) in [4.78, 5) is 12.4. The number of quaternary nitrogens is 1. The number of nitrogens with zero attached hydrogens (tertiary/aromatic N) is 4. The summed E-state index contributed by atoms with van der Waals surface area (Å²) >= 11 is 3.41. The molecule has 3 aromatic rings. The minimum atomic E-state index is -0.316. The van der Waals surface area contributed by atoms with Crippen LogP contribution in [0.1, 0.15) is 29.9 Å². The van der Waals surface area contributed by atoms with Crippen molar-refractivity contribution >= 4 is 27.5 Å². The molecule has 3 N–H and O–H groups in total. The number of hydrogen-bond donors (Lipinski definition) is 2. The first kappa shape index (κ1) is 20.2. The van der Waals surface area contributed by atoms with E-state index in [2.05, 4.69) is 32.4 Å². The van der Waals surface area contributed by atoms with Crippen LogP contribution in [0.3, 0.4) is 0 Å². The van der Waals surface area contributed by atoms with Crippen LogP contribution in [0.5, 0.6) is 0 Å². The van der Waals surface area contributed by atoms with Crippen LogP contribution in [-0.4, -0.2) is 25.7 Å². The van der Waals surface area contributed by atoms with Gasteiger partial charge in [0, 0.05) is 29.2 Å². The van der Waals surface area contributed by atoms with Gasteiger partial charge in [-0.15, -0.1) is 0 Å². The van der Waals surface area contributed by atoms with E-state index < -0.39 is 0 Å². The lowest BCUT2D eigenvalue weighted by Gasteiger charge is -2.14. The first-order chi connectivity index (χ1) is 14.5. The van der Waals surface area contributed by atoms with Crippen LogP contribution >= 0.6 is 15.9 Å². The second-order valence-corrected chi connectivity index (χ2v) is 8.06. The first-order valence-corrected chi connectivity index (χ1v) is 10.4. The molecule has 1 aliphatic rings. The van der Waals surface area contributed by atoms with E-state index in [4.69, 9.17) is 10.1 Å². The van der Waals surface area contributed by atoms with Crippen molar-refractivity contribution in [2.24, 2.45) is 7.05 Å². The Morgan fingerprint density at radius 3 is 2.70 bits per heavy atom. The quantitative estimate of drug-likeness (QED) is 0.315. The van der Waals surface area contributed by atoms with Gasteiger partial charge in [-0.1, -0.05) is 28.1 Å². The average molecular weight is 470 g/mol. The zero-order chi connectivity index (χ0) is 21.1. The van der Waals surface area contributed by atoms with E-state index >= 15 is 0 Å². The SMILES string of the molecule is Cn1nnn(-c2cccc(C3CC3)c2COC(=N)C=C[NH2+]c2ccc(Br)cc2)c1=O. The number of aryl methyl sites for hydroxylation is 1. The zero-order valence-corrected chi connectivity index (χ0v) is 18.0. The Kier molecular flexibility index (Phi) is 5.91. The van der Waals surface area contributed by atoms with Crippen molar-refractivity contribution in [1.29, 1.82) is 5.41 Å². The fraction of sp³-hybridized carbons (Fsp3) is 0.238. The first-order valence-electron chi connectivity index (χ1n) is 9.62. The second-order valence-electron chi connectivity index (χ2n) is 7.15. The van der Waals surface area contributed by atoms with Gasteiger partial charge in [0.15, 0.2) is 0 Å². The lowest BCUT2D eigenvalue weighted by Crippen LogP contribution is -2.70. The zero-order valence-electron chi connectivity index (χ0n) is 16.5. The van der Waals surface area contributed by atoms with Crippen molar-refractivity contribution in [2.45, 2.75) is 25.4 Å². The number of tetrazole rings is 1. The van der Waals surface area contributed by atoms with Gasteiger partial charge in [-0.25, -0.2) is 4.79 Å². The Morgan fingerprint density at radius 1 is 1.27 bits per heavy atom. The third-order valence-corrected chi connectivity index (χ3v) is 5.46. The van der Waals surface area contributed by atoms with Crippen LogP contribution in [0.4, 0.5) is 5.69 Å². The van der Waals surface area contributed by atoms with E-state index in [1.807, 2.05) is 41.7 Å². The van der Waals surface area contributed by atoms with Crippen LogP contribution < -0.4 is 11.0 Å². The number of halogens is 1. The highest BCUT2D eigenvalue weighted by atomic mass is 79.9. The summed E-state index contributed by atoms with van der Waals surface area (Å²) in [6, 6.07) is 13.7. The van der Waals surface area contributed by atoms with Gasteiger partial charge in [-0.3, -0.25) is 10.7 Å². The molecule has 1 aromatic heterocycles. The van der Waals surface area contributed by atoms with E-state index in [0.717, 1.165) is 34.1 Å². The van der Waals surface area contributed by atoms with Crippen LogP contribution in [0, 0.1) is 5.41 Å². The van der Waals surface area contributed by atoms with Crippen LogP contribution in [-0.2, 0) is 18.4 Å². The van der Waals surface area contributed by atoms with Gasteiger partial charge >= 0.3 is 5.69 Å². The van der Waals surface area contributed by atoms with Gasteiger partial charge < -0.3 is 4.74 Å². The number of nitrogens with one attached hydrogen (secondary N) is 1. The van der Waals surface area contributed by atoms with E-state index in [9.17, 15) is 4.79 Å². The number of benzene rings is 2. The molecule has 0 bridgehead atoms. The van der Waals surface area contributed by atoms with Crippen molar-refractivity contribution in [1.82, 2.24) is 19.8 Å². The normalized spacial score (nSPS) is 13.7. The Balaban J connectivity index is 1.49. The molecule has 9 heteroatoms. The third kappa shape index (κ3) is 4.58. The summed E-state index contributed by atoms with van der Waals surface area (Å²) in [6.45, 7) is 0.187. The van der Waals surface area contributed by atoms with Gasteiger partial charge in [-0.2, -0.15) is 9.36 Å². The largest absolute Gasteiger partial charge is 0.473 e. The third-order valence-electron chi connectivity index (χ3n) is 4.93. The molecular formula is C21H22BrN6O2+. The fourth-order valence-electron chi connectivity index (χ4n) is 3.21. The van der Waals surface area contributed by atoms with Gasteiger partial charge in [-0.05, 0) is 52.9 Å². The molecule has 30 heavy (non-hydrogen) atoms. The van der Waals surface area contributed by atoms with Crippen molar-refractivity contribution in [3.05, 3.63) is 80.8 Å². The minimum absolute atomic E-state index is 0.0476. The molecule has 0 atom stereocenters. The summed E-state index contributed by atoms with van der Waals surface area (Å²) in [5.74, 6) is 0.512. The molecule has 0 saturated heterocycles. The highest BCUT2D eigenvalue weighted by Crippen LogP contribution is 2.42. The Bertz CT molecular complexity index is 1150. The Morgan fingerprint density at radius 2 is 2.03 bits per heavy atom. The molecular weight excluding hydrogens is 448 g/mol. The van der Waals surface area contributed by atoms with Gasteiger partial charge in [0.2, 0.25) is 5.90 Å². The molecule has 1 aliphatic carbocycles. The topological polar surface area (TPSA) is 102 Å². The van der Waals surface area contributed by atoms with Crippen molar-refractivity contribution in [3.8, 4) is 5.69 Å². The number of aromatic nitrogens is 4. The predicted octanol–water partition coefficient (Wildman–Crippen LogP) is 2.51. The smallest absolute Gasteiger partial charge is 0.368 e. The average Bonchev–Trinajstić information content (AvgIpc) is 3.54. The summed E-state index contributed by atoms with van der Waals surface area (Å²) in [6.07, 6.45) is 5.62. The van der Waals surface area contributed by atoms with E-state index in [-0.39, 0.29) is 18.2 Å². The highest BCUT2D eigenvalue weighted by Gasteiger charge is 2.28. The van der Waals surface area contributed by atoms with E-state index in [1.54, 1.807) is 19.3 Å². The molecule has 8 nitrogen and oxygen atoms in total. The molecule has 1 saturated carbocycles. The lowest BCUT2D eigenvalue weighted by atomic mass is 10.0. The lowest BCUT2D eigenvalue weighted by molar-refractivity contribution is -0.496. The fourth-order valence-corrected chi connectivity index (χ4v) is 3.47. The number of rotatable bonds is 7. The monoisotopic (exact) mass is 469 g/mol. The Labute approximate surface area is 181 Å². The molecule has 0 unspecified atom stereocenters. The van der Waals surface area contributed by atoms with E-state index in [0.29, 0.717) is 11.6 Å². The predicted molar refractivity (Wildman–Crippen MR) is 116 cm³/mol. The van der Waals surface area contributed by atoms with Gasteiger partial charge in [0.1, 0.15) is 18.5 Å². The molecule has 1 fully saturated rings. The van der Waals surface area contributed by atoms with Gasteiger partial charge in [0.25, 0.3) is 0 Å². The molecule has 2 aromatic carbocycles. The van der Waals surface area contributed by atoms with Crippen LogP contribution in [0.15, 0.2) is 64.0 Å². The van der Waals surface area contributed by atoms with Crippen molar-refractivity contribution < 1.29 is 10.1 Å². The maximum absolute atomic E-state index is 12.4. The van der Waals surface area contributed by atoms with Crippen molar-refractivity contribution in [3.63, 3.8) is 0 Å². The highest BCUT2D eigenvalue weighted by molar-refractivity contribution is 9.10. The second kappa shape index (κ2) is 8.76. The van der Waals surface area contributed by atoms with Gasteiger partial charge in [0.05, 0.1) is 11.8 Å². The van der Waals surface area contributed by atoms with Crippen molar-refractivity contribution in [2.75, 3.05) is 0 Å². The van der Waals surface area contributed by atoms with Crippen LogP contribution in [0.2, 0.25) is 0 Å². The standard InChI is InChI=1S/C21H21BrN6O2/c1-27-21(29)28(26-25-27)19-4-2-3-17(14-5-6-14)18(19)13-30-20(23)11-12-24-16-9-7-15(22)8-10-16/h2-4,7-12,14,23-24H,5-6,13H2,1H3/p+1. The minimum Gasteiger partial charge on any atom is -0.473 e. The Hall–Kier alpha value is -3.04. The number of hydrogen-bond acceptors (Lipinski definition) is 5. The molecule has 0 radical (unpaired) electrons. The van der Waals surface area contributed by atoms with Crippen LogP contribution in [0.25, 0.3) is 5.69 Å². The molecule has 0 spiro atoms. The molecule has 0 amide bonds. The number of nitrogens with two attached hydrogens (primary N) is 1. The molecule has 4 rings (SSSR count). The summed E-state index contributed by atoms with van der Waals surface area (Å²) in [5.41, 5.74) is 3.38. The summed E-state index contributed by atoms with van der Waals surface area (Å²) in [5, 5.41) is 17.8. The summed E-state index contributed by atoms with van der Waals surface area (Å²) < 4.78 is 9.21.